The van der Waals surface area contributed by atoms with Crippen molar-refractivity contribution in [2.24, 2.45) is 0 Å². The van der Waals surface area contributed by atoms with Gasteiger partial charge in [0.15, 0.2) is 42.9 Å². The van der Waals surface area contributed by atoms with Crippen LogP contribution in [0.1, 0.15) is 24.2 Å². The van der Waals surface area contributed by atoms with Crippen LogP contribution < -0.4 is 280 Å². The normalized spacial score (nSPS) is 9.48. The van der Waals surface area contributed by atoms with Gasteiger partial charge in [-0.25, -0.2) is 34.9 Å². The molecule has 0 unspecified atom stereocenters. The molecule has 0 fully saturated rings. The van der Waals surface area contributed by atoms with E-state index in [1.165, 1.54) is 18.2 Å². The molecule has 8 aromatic carbocycles. The van der Waals surface area contributed by atoms with Gasteiger partial charge in [0.25, 0.3) is 0 Å². The number of hydrogen-bond donors (Lipinski definition) is 0. The molecule has 0 amide bonds. The maximum absolute atomic E-state index is 11.6. The molecule has 8 heterocycles. The topological polar surface area (TPSA) is 307 Å². The quantitative estimate of drug-likeness (QED) is 0.141. The summed E-state index contributed by atoms with van der Waals surface area (Å²) in [6, 6.07) is 62.5. The fourth-order valence-corrected chi connectivity index (χ4v) is 10.6. The molecule has 0 spiro atoms. The second kappa shape index (κ2) is 49.4. The van der Waals surface area contributed by atoms with E-state index in [1.54, 1.807) is 123 Å². The molecule has 17 nitrogen and oxygen atoms in total. The van der Waals surface area contributed by atoms with E-state index in [-0.39, 0.29) is 253 Å². The van der Waals surface area contributed by atoms with Crippen LogP contribution >= 0.6 is 34.8 Å². The van der Waals surface area contributed by atoms with E-state index in [1.807, 2.05) is 136 Å². The maximum atomic E-state index is 11.6. The number of hydrogen-bond acceptors (Lipinski definition) is 9. The van der Waals surface area contributed by atoms with E-state index < -0.39 is 0 Å². The Bertz CT molecular complexity index is 5080. The molecule has 16 rings (SSSR count). The van der Waals surface area contributed by atoms with Crippen LogP contribution in [0.25, 0.3) is 87.2 Å². The summed E-state index contributed by atoms with van der Waals surface area (Å²) in [5, 5.41) is 98.9. The molecule has 0 atom stereocenters. The number of ether oxygens (including phenoxy) is 1. The van der Waals surface area contributed by atoms with Crippen LogP contribution in [0.15, 0.2) is 250 Å². The molecule has 0 bridgehead atoms. The van der Waals surface area contributed by atoms with Gasteiger partial charge in [0, 0.05) is 86.7 Å². The van der Waals surface area contributed by atoms with Crippen LogP contribution in [0.4, 0.5) is 0 Å². The molecule has 0 radical (unpaired) electrons. The van der Waals surface area contributed by atoms with Gasteiger partial charge in [-0.15, -0.1) is 0 Å². The van der Waals surface area contributed by atoms with Crippen molar-refractivity contribution in [2.45, 2.75) is 28.2 Å². The van der Waals surface area contributed by atoms with Gasteiger partial charge in [0.2, 0.25) is 44.1 Å². The fraction of sp³-hybridized carbons (Fsp3) is 0.0649. The first-order chi connectivity index (χ1) is 46.4. The minimum atomic E-state index is -0.221. The second-order valence-corrected chi connectivity index (χ2v) is 22.4. The molecule has 0 saturated heterocycles. The zero-order valence-corrected chi connectivity index (χ0v) is 67.4. The van der Waals surface area contributed by atoms with Gasteiger partial charge >= 0.3 is 200 Å². The van der Waals surface area contributed by atoms with Crippen molar-refractivity contribution in [2.75, 3.05) is 7.11 Å². The number of benzene rings is 8. The summed E-state index contributed by atoms with van der Waals surface area (Å²) in [5.74, 6) is 0.607. The third-order valence-corrected chi connectivity index (χ3v) is 15.6. The number of pyridine rings is 8. The summed E-state index contributed by atoms with van der Waals surface area (Å²) in [7, 11) is 1.56. The monoisotopic (exact) mass is 1450 g/mol. The number of para-hydroxylation sites is 5. The fourth-order valence-electron chi connectivity index (χ4n) is 9.90. The number of halogens is 3. The van der Waals surface area contributed by atoms with Crippen LogP contribution in [-0.2, 0) is 0 Å². The second-order valence-electron chi connectivity index (χ2n) is 21.2. The van der Waals surface area contributed by atoms with E-state index in [0.717, 1.165) is 54.5 Å². The standard InChI is InChI=1S/C11H11NO.C10H9NO2.C10H9NO.C9H5Cl2NO.C9H6ClNO.3C9H7NO.CH4.K.6Li.Na/c1-7-6-8(2)11(13)10-9(7)4-3-5-12-10;1-13-9-6-5-7-3-2-4-8(12)10(7)11-9;1-7-5-6-8-3-2-4-9(12)10(8)11-7;10-6-4-7(11)9(13)8-5(6)2-1-3-12-8;10-7-3-4-8(12)9-6(7)2-1-5-11-9;3*11-8-5-1-3-7-4-2-6-10-9(7)8;;;;;;;;;/h3-6,13H,1-2H3;2-6,12H,1H3;2-6,12H,1H3;1-4,13H;1-5,12H;3*1-6,11H;1H4;;;;;;;;/q;;;;;;;;;8*+1. The molecule has 8 aromatic heterocycles. The Kier molecular flexibility index (Phi) is 46.7. The Morgan fingerprint density at radius 1 is 0.295 bits per heavy atom. The number of aryl methyl sites for hydroxylation is 3. The number of aromatic amines is 8. The van der Waals surface area contributed by atoms with Gasteiger partial charge in [0.1, 0.15) is 0 Å². The Morgan fingerprint density at radius 2 is 0.619 bits per heavy atom. The Hall–Kier alpha value is -5.67. The number of methoxy groups -OCH3 is 1. The number of H-pyrrole nitrogens is 8. The summed E-state index contributed by atoms with van der Waals surface area (Å²) in [6.07, 6.45) is 10.4. The van der Waals surface area contributed by atoms with E-state index >= 15 is 0 Å². The van der Waals surface area contributed by atoms with Crippen LogP contribution in [0.3, 0.4) is 0 Å². The third-order valence-electron chi connectivity index (χ3n) is 14.7. The first kappa shape index (κ1) is 99.3. The van der Waals surface area contributed by atoms with Gasteiger partial charge < -0.3 is 45.6 Å². The van der Waals surface area contributed by atoms with Gasteiger partial charge in [-0.1, -0.05) is 121 Å². The summed E-state index contributed by atoms with van der Waals surface area (Å²) in [4.78, 5) is 23.3. The van der Waals surface area contributed by atoms with Gasteiger partial charge in [-0.3, -0.25) is 0 Å². The Morgan fingerprint density at radius 3 is 1.03 bits per heavy atom. The summed E-state index contributed by atoms with van der Waals surface area (Å²) >= 11 is 17.4. The van der Waals surface area contributed by atoms with Gasteiger partial charge in [-0.2, -0.15) is 4.98 Å². The number of fused-ring (bicyclic) bond motifs is 8. The molecule has 8 N–H and O–H groups in total. The summed E-state index contributed by atoms with van der Waals surface area (Å²) in [6.45, 7) is 5.80. The Balaban J connectivity index is 0.00000116. The maximum Gasteiger partial charge on any atom is 1.00 e. The zero-order chi connectivity index (χ0) is 68.3. The minimum Gasteiger partial charge on any atom is -0.868 e. The molecule has 488 valence electrons. The van der Waals surface area contributed by atoms with Crippen LogP contribution in [0.5, 0.6) is 51.9 Å². The molecule has 0 aliphatic carbocycles. The summed E-state index contributed by atoms with van der Waals surface area (Å²) in [5.41, 5.74) is 7.96. The van der Waals surface area contributed by atoms with Crippen molar-refractivity contribution < 1.29 is 280 Å². The first-order valence-electron chi connectivity index (χ1n) is 29.6. The molecule has 0 aliphatic rings. The van der Waals surface area contributed by atoms with Gasteiger partial charge in [-0.05, 0) is 156 Å². The molecular weight excluding hydrogens is 1390 g/mol. The molecule has 0 aliphatic heterocycles. The van der Waals surface area contributed by atoms with Crippen molar-refractivity contribution in [3.63, 3.8) is 0 Å². The van der Waals surface area contributed by atoms with E-state index in [2.05, 4.69) is 39.9 Å². The third kappa shape index (κ3) is 27.1. The number of rotatable bonds is 1. The van der Waals surface area contributed by atoms with Crippen LogP contribution in [0, 0.1) is 20.8 Å². The van der Waals surface area contributed by atoms with Crippen LogP contribution in [-0.4, -0.2) is 7.11 Å². The molecular formula is C77H65Cl3KLi6N8NaO9+8. The Labute approximate surface area is 759 Å². The SMILES string of the molecule is C.COc1ccc2cccc([O-])c2[nH+]1.Cc1cc(C)c2ccc[nH+]c2c1[O-].Cc1ccc2cccc([O-])c2[nH+]1.[K+].[Li+].[Li+].[Li+].[Li+].[Li+].[Li+].[Na+].[O-]c1c(Cl)cc(Cl)c2ccc[nH+]c12.[O-]c1ccc(Cl)c2ccc[nH+]c12.[O-]c1cccc2ccc[nH+]c12.[O-]c1cccc2ccc[nH+]c12.[O-]c1cccc2ccc[nH+]c12. The van der Waals surface area contributed by atoms with Crippen molar-refractivity contribution >= 4 is 122 Å². The minimum absolute atomic E-state index is 0. The molecule has 16 aromatic rings. The van der Waals surface area contributed by atoms with Gasteiger partial charge in [0.05, 0.1) is 34.0 Å². The average molecular weight is 1460 g/mol. The largest absolute Gasteiger partial charge is 1.00 e. The van der Waals surface area contributed by atoms with E-state index in [4.69, 9.17) is 39.5 Å². The van der Waals surface area contributed by atoms with E-state index in [0.29, 0.717) is 65.4 Å². The first-order valence-corrected chi connectivity index (χ1v) is 30.8. The summed E-state index contributed by atoms with van der Waals surface area (Å²) < 4.78 is 4.98. The average Bonchev–Trinajstić information content (AvgIpc) is 0.808. The van der Waals surface area contributed by atoms with Crippen molar-refractivity contribution in [3.8, 4) is 51.9 Å². The molecule has 0 saturated carbocycles. The number of nitrogens with one attached hydrogen (secondary N) is 8. The van der Waals surface area contributed by atoms with Crippen LogP contribution in [0.2, 0.25) is 15.1 Å². The zero-order valence-electron chi connectivity index (χ0n) is 60.0. The van der Waals surface area contributed by atoms with Crippen molar-refractivity contribution in [3.05, 3.63) is 281 Å². The predicted molar refractivity (Wildman–Crippen MR) is 362 cm³/mol. The van der Waals surface area contributed by atoms with E-state index in [9.17, 15) is 40.9 Å². The predicted octanol–water partition coefficient (Wildman–Crippen LogP) is -14.6. The molecule has 105 heavy (non-hydrogen) atoms. The van der Waals surface area contributed by atoms with Crippen molar-refractivity contribution in [1.29, 1.82) is 0 Å². The number of aromatic nitrogens is 8. The smallest absolute Gasteiger partial charge is 0.868 e. The molecule has 28 heteroatoms. The van der Waals surface area contributed by atoms with Crippen molar-refractivity contribution in [1.82, 2.24) is 0 Å².